The van der Waals surface area contributed by atoms with Crippen LogP contribution in [0.1, 0.15) is 18.4 Å². The Balaban J connectivity index is 1.10. The van der Waals surface area contributed by atoms with Crippen LogP contribution in [-0.2, 0) is 0 Å². The van der Waals surface area contributed by atoms with E-state index in [9.17, 15) is 0 Å². The van der Waals surface area contributed by atoms with Crippen LogP contribution >= 0.6 is 0 Å². The molecular weight excluding hydrogens is 655 g/mol. The van der Waals surface area contributed by atoms with Crippen molar-refractivity contribution in [3.8, 4) is 0 Å². The Hall–Kier alpha value is -6.84. The lowest BCUT2D eigenvalue weighted by Crippen LogP contribution is -2.17. The lowest BCUT2D eigenvalue weighted by atomic mass is 10.0. The first-order valence-corrected chi connectivity index (χ1v) is 18.7. The molecule has 260 valence electrons. The Labute approximate surface area is 318 Å². The second kappa shape index (κ2) is 14.7. The largest absolute Gasteiger partial charge is 0.314 e. The van der Waals surface area contributed by atoms with E-state index in [0.29, 0.717) is 0 Å². The molecule has 8 aromatic rings. The van der Waals surface area contributed by atoms with Crippen molar-refractivity contribution in [2.45, 2.75) is 19.8 Å². The first-order valence-electron chi connectivity index (χ1n) is 18.7. The van der Waals surface area contributed by atoms with E-state index in [-0.39, 0.29) is 0 Å². The van der Waals surface area contributed by atoms with E-state index >= 15 is 0 Å². The Morgan fingerprint density at radius 1 is 0.352 bits per heavy atom. The van der Waals surface area contributed by atoms with Crippen LogP contribution in [0.5, 0.6) is 0 Å². The van der Waals surface area contributed by atoms with Crippen LogP contribution < -0.4 is 14.7 Å². The molecule has 0 bridgehead atoms. The van der Waals surface area contributed by atoms with Gasteiger partial charge in [0.1, 0.15) is 0 Å². The Morgan fingerprint density at radius 2 is 0.741 bits per heavy atom. The van der Waals surface area contributed by atoms with Crippen LogP contribution in [0, 0.1) is 6.92 Å². The molecule has 0 saturated heterocycles. The molecule has 1 aliphatic carbocycles. The molecule has 0 heterocycles. The molecule has 54 heavy (non-hydrogen) atoms. The van der Waals surface area contributed by atoms with Crippen molar-refractivity contribution >= 4 is 67.0 Å². The summed E-state index contributed by atoms with van der Waals surface area (Å²) in [5.41, 5.74) is 11.5. The highest BCUT2D eigenvalue weighted by Gasteiger charge is 2.19. The molecule has 0 spiro atoms. The number of benzene rings is 8. The van der Waals surface area contributed by atoms with Gasteiger partial charge in [-0.25, -0.2) is 0 Å². The molecule has 0 aliphatic heterocycles. The van der Waals surface area contributed by atoms with Crippen molar-refractivity contribution in [2.24, 2.45) is 0 Å². The molecule has 0 atom stereocenters. The molecule has 9 rings (SSSR count). The average molecular weight is 696 g/mol. The van der Waals surface area contributed by atoms with Crippen LogP contribution in [0.2, 0.25) is 0 Å². The number of allylic oxidation sites excluding steroid dienone is 4. The summed E-state index contributed by atoms with van der Waals surface area (Å²) in [7, 11) is 0. The topological polar surface area (TPSA) is 9.72 Å². The number of nitrogens with zero attached hydrogens (tertiary/aromatic N) is 3. The zero-order chi connectivity index (χ0) is 36.3. The fraction of sp³-hybridized carbons (Fsp3) is 0.0588. The Bertz CT molecular complexity index is 2600. The second-order valence-electron chi connectivity index (χ2n) is 13.9. The smallest absolute Gasteiger partial charge is 0.0468 e. The van der Waals surface area contributed by atoms with Crippen molar-refractivity contribution < 1.29 is 0 Å². The zero-order valence-electron chi connectivity index (χ0n) is 30.4. The van der Waals surface area contributed by atoms with Gasteiger partial charge in [0.15, 0.2) is 0 Å². The summed E-state index contributed by atoms with van der Waals surface area (Å²) in [5.74, 6) is 0. The van der Waals surface area contributed by atoms with Crippen LogP contribution in [0.3, 0.4) is 0 Å². The summed E-state index contributed by atoms with van der Waals surface area (Å²) in [4.78, 5) is 7.09. The minimum absolute atomic E-state index is 0.992. The minimum atomic E-state index is 0.992. The van der Waals surface area contributed by atoms with Crippen molar-refractivity contribution in [3.05, 3.63) is 218 Å². The summed E-state index contributed by atoms with van der Waals surface area (Å²) in [6.07, 6.45) is 8.71. The third-order valence-electron chi connectivity index (χ3n) is 10.3. The van der Waals surface area contributed by atoms with E-state index < -0.39 is 0 Å². The van der Waals surface area contributed by atoms with E-state index in [4.69, 9.17) is 0 Å². The van der Waals surface area contributed by atoms with E-state index in [1.54, 1.807) is 0 Å². The van der Waals surface area contributed by atoms with Gasteiger partial charge in [-0.05, 0) is 144 Å². The zero-order valence-corrected chi connectivity index (χ0v) is 30.4. The quantitative estimate of drug-likeness (QED) is 0.149. The number of hydrogen-bond donors (Lipinski definition) is 0. The highest BCUT2D eigenvalue weighted by atomic mass is 15.2. The van der Waals surface area contributed by atoms with Crippen LogP contribution in [0.4, 0.5) is 45.5 Å². The van der Waals surface area contributed by atoms with E-state index in [1.165, 1.54) is 38.5 Å². The molecule has 0 fully saturated rings. The monoisotopic (exact) mass is 695 g/mol. The van der Waals surface area contributed by atoms with E-state index in [2.05, 4.69) is 228 Å². The molecule has 0 aromatic heterocycles. The Morgan fingerprint density at radius 3 is 1.24 bits per heavy atom. The molecule has 0 N–H and O–H groups in total. The molecule has 1 aliphatic rings. The van der Waals surface area contributed by atoms with Gasteiger partial charge in [0.25, 0.3) is 0 Å². The van der Waals surface area contributed by atoms with Gasteiger partial charge < -0.3 is 14.7 Å². The first-order chi connectivity index (χ1) is 26.7. The highest BCUT2D eigenvalue weighted by molar-refractivity contribution is 5.90. The molecule has 3 heteroatoms. The maximum absolute atomic E-state index is 2.41. The predicted octanol–water partition coefficient (Wildman–Crippen LogP) is 14.6. The summed E-state index contributed by atoms with van der Waals surface area (Å²) < 4.78 is 0. The van der Waals surface area contributed by atoms with Gasteiger partial charge in [0, 0.05) is 51.2 Å². The molecule has 0 saturated carbocycles. The van der Waals surface area contributed by atoms with Gasteiger partial charge >= 0.3 is 0 Å². The van der Waals surface area contributed by atoms with Gasteiger partial charge in [0.2, 0.25) is 0 Å². The van der Waals surface area contributed by atoms with E-state index in [1.807, 2.05) is 0 Å². The van der Waals surface area contributed by atoms with Gasteiger partial charge in [-0.3, -0.25) is 0 Å². The fourth-order valence-corrected chi connectivity index (χ4v) is 7.56. The molecule has 3 nitrogen and oxygen atoms in total. The highest BCUT2D eigenvalue weighted by Crippen LogP contribution is 2.41. The maximum atomic E-state index is 2.41. The van der Waals surface area contributed by atoms with Crippen molar-refractivity contribution in [3.63, 3.8) is 0 Å². The number of rotatable bonds is 9. The molecule has 0 radical (unpaired) electrons. The molecule has 0 unspecified atom stereocenters. The van der Waals surface area contributed by atoms with Crippen molar-refractivity contribution in [2.75, 3.05) is 14.7 Å². The lowest BCUT2D eigenvalue weighted by Gasteiger charge is -2.31. The first kappa shape index (κ1) is 33.0. The SMILES string of the molecule is Cc1ccc(N(c2ccc(N(C3=CC=CCC3)c3ccc4ccccc4c3)cc2)c2ccc(N(c3ccccc3)c3ccc4ccccc4c3)cc2)cc1. The summed E-state index contributed by atoms with van der Waals surface area (Å²) >= 11 is 0. The van der Waals surface area contributed by atoms with Crippen LogP contribution in [-0.4, -0.2) is 0 Å². The Kier molecular flexibility index (Phi) is 8.96. The summed E-state index contributed by atoms with van der Waals surface area (Å²) in [6, 6.07) is 68.0. The number of anilines is 8. The number of aryl methyl sites for hydroxylation is 1. The third kappa shape index (κ3) is 6.64. The fourth-order valence-electron chi connectivity index (χ4n) is 7.56. The van der Waals surface area contributed by atoms with Gasteiger partial charge in [-0.1, -0.05) is 109 Å². The number of hydrogen-bond acceptors (Lipinski definition) is 3. The van der Waals surface area contributed by atoms with E-state index in [0.717, 1.165) is 52.7 Å². The number of fused-ring (bicyclic) bond motifs is 2. The standard InChI is InChI=1S/C51H41N3/c1-38-20-24-45(25-21-38)52(46-28-32-48(33-29-46)53(43-16-4-2-5-17-43)50-26-22-39-12-8-10-14-41(39)36-50)47-30-34-49(35-31-47)54(44-18-6-3-7-19-44)51-27-23-40-13-9-11-15-42(40)37-51/h2-6,8-18,20-37H,7,19H2,1H3. The molecule has 8 aromatic carbocycles. The average Bonchev–Trinajstić information content (AvgIpc) is 3.24. The molecule has 0 amide bonds. The van der Waals surface area contributed by atoms with Gasteiger partial charge in [-0.15, -0.1) is 0 Å². The lowest BCUT2D eigenvalue weighted by molar-refractivity contribution is 0.918. The van der Waals surface area contributed by atoms with Crippen molar-refractivity contribution in [1.29, 1.82) is 0 Å². The molecular formula is C51H41N3. The summed E-state index contributed by atoms with van der Waals surface area (Å²) in [5, 5.41) is 4.94. The predicted molar refractivity (Wildman–Crippen MR) is 231 cm³/mol. The van der Waals surface area contributed by atoms with Crippen LogP contribution in [0.25, 0.3) is 21.5 Å². The maximum Gasteiger partial charge on any atom is 0.0468 e. The van der Waals surface area contributed by atoms with Gasteiger partial charge in [-0.2, -0.15) is 0 Å². The van der Waals surface area contributed by atoms with Crippen LogP contribution in [0.15, 0.2) is 212 Å². The third-order valence-corrected chi connectivity index (χ3v) is 10.3. The van der Waals surface area contributed by atoms with Gasteiger partial charge in [0.05, 0.1) is 0 Å². The number of para-hydroxylation sites is 1. The van der Waals surface area contributed by atoms with Crippen molar-refractivity contribution in [1.82, 2.24) is 0 Å². The second-order valence-corrected chi connectivity index (χ2v) is 13.9. The summed E-state index contributed by atoms with van der Waals surface area (Å²) in [6.45, 7) is 2.14. The minimum Gasteiger partial charge on any atom is -0.314 e. The normalized spacial score (nSPS) is 12.4.